The minimum atomic E-state index is -0.0825. The molecule has 5 heteroatoms. The number of nitrogens with two attached hydrogens (primary N) is 1. The lowest BCUT2D eigenvalue weighted by atomic mass is 10.0. The molecular formula is C16H33NO4. The normalized spacial score (nSPS) is 17.4. The summed E-state index contributed by atoms with van der Waals surface area (Å²) in [7, 11) is 0. The van der Waals surface area contributed by atoms with E-state index in [1.165, 1.54) is 19.3 Å². The Morgan fingerprint density at radius 1 is 0.762 bits per heavy atom. The summed E-state index contributed by atoms with van der Waals surface area (Å²) in [6.07, 6.45) is 6.92. The summed E-state index contributed by atoms with van der Waals surface area (Å²) in [5.41, 5.74) is 6.12. The fraction of sp³-hybridized carbons (Fsp3) is 1.00. The lowest BCUT2D eigenvalue weighted by Gasteiger charge is -2.23. The predicted octanol–water partition coefficient (Wildman–Crippen LogP) is 2.12. The van der Waals surface area contributed by atoms with Gasteiger partial charge in [0.2, 0.25) is 0 Å². The minimum absolute atomic E-state index is 0.0825. The first-order valence-electron chi connectivity index (χ1n) is 8.37. The fourth-order valence-electron chi connectivity index (χ4n) is 2.41. The minimum Gasteiger partial charge on any atom is -0.379 e. The van der Waals surface area contributed by atoms with Crippen molar-refractivity contribution in [2.75, 3.05) is 52.9 Å². The maximum Gasteiger partial charge on any atom is 0.0701 e. The molecule has 1 fully saturated rings. The molecule has 0 spiro atoms. The molecule has 0 saturated heterocycles. The number of unbranched alkanes of at least 4 members (excludes halogenated alkanes) is 1. The molecule has 0 bridgehead atoms. The molecule has 0 amide bonds. The Hall–Kier alpha value is -0.200. The standard InChI is InChI=1S/C16H33NO4/c1-2-3-8-18-9-10-19-11-12-20-13-14-21-15-16(17)6-4-5-7-16/h2-15,17H2,1H3. The molecule has 1 rings (SSSR count). The van der Waals surface area contributed by atoms with Gasteiger partial charge in [0.1, 0.15) is 0 Å². The van der Waals surface area contributed by atoms with Crippen LogP contribution >= 0.6 is 0 Å². The van der Waals surface area contributed by atoms with E-state index < -0.39 is 0 Å². The molecule has 0 atom stereocenters. The van der Waals surface area contributed by atoms with E-state index in [0.717, 1.165) is 25.9 Å². The third kappa shape index (κ3) is 10.2. The van der Waals surface area contributed by atoms with Crippen molar-refractivity contribution in [3.05, 3.63) is 0 Å². The second-order valence-electron chi connectivity index (χ2n) is 5.81. The van der Waals surface area contributed by atoms with Crippen LogP contribution in [-0.4, -0.2) is 58.4 Å². The molecule has 1 aliphatic carbocycles. The Morgan fingerprint density at radius 2 is 1.24 bits per heavy atom. The second kappa shape index (κ2) is 12.4. The quantitative estimate of drug-likeness (QED) is 0.498. The summed E-state index contributed by atoms with van der Waals surface area (Å²) in [5.74, 6) is 0. The third-order valence-corrected chi connectivity index (χ3v) is 3.75. The average Bonchev–Trinajstić information content (AvgIpc) is 2.91. The molecule has 2 N–H and O–H groups in total. The number of hydrogen-bond acceptors (Lipinski definition) is 5. The number of hydrogen-bond donors (Lipinski definition) is 1. The summed E-state index contributed by atoms with van der Waals surface area (Å²) >= 11 is 0. The first-order valence-corrected chi connectivity index (χ1v) is 8.37. The van der Waals surface area contributed by atoms with E-state index in [4.69, 9.17) is 24.7 Å². The highest BCUT2D eigenvalue weighted by Gasteiger charge is 2.29. The monoisotopic (exact) mass is 303 g/mol. The highest BCUT2D eigenvalue weighted by atomic mass is 16.6. The summed E-state index contributed by atoms with van der Waals surface area (Å²) in [6.45, 7) is 7.37. The van der Waals surface area contributed by atoms with E-state index in [9.17, 15) is 0 Å². The number of rotatable bonds is 14. The van der Waals surface area contributed by atoms with Gasteiger partial charge in [-0.1, -0.05) is 26.2 Å². The van der Waals surface area contributed by atoms with E-state index >= 15 is 0 Å². The van der Waals surface area contributed by atoms with Gasteiger partial charge in [-0.05, 0) is 19.3 Å². The van der Waals surface area contributed by atoms with Crippen molar-refractivity contribution in [3.8, 4) is 0 Å². The van der Waals surface area contributed by atoms with Gasteiger partial charge in [-0.25, -0.2) is 0 Å². The zero-order valence-corrected chi connectivity index (χ0v) is 13.6. The molecule has 0 aromatic heterocycles. The van der Waals surface area contributed by atoms with E-state index in [-0.39, 0.29) is 5.54 Å². The zero-order chi connectivity index (χ0) is 15.2. The highest BCUT2D eigenvalue weighted by Crippen LogP contribution is 2.27. The molecule has 5 nitrogen and oxygen atoms in total. The van der Waals surface area contributed by atoms with Crippen LogP contribution in [0.5, 0.6) is 0 Å². The van der Waals surface area contributed by atoms with Crippen molar-refractivity contribution >= 4 is 0 Å². The summed E-state index contributed by atoms with van der Waals surface area (Å²) in [5, 5.41) is 0. The van der Waals surface area contributed by atoms with Crippen LogP contribution in [0.25, 0.3) is 0 Å². The van der Waals surface area contributed by atoms with Gasteiger partial charge in [0.25, 0.3) is 0 Å². The summed E-state index contributed by atoms with van der Waals surface area (Å²) in [4.78, 5) is 0. The van der Waals surface area contributed by atoms with Crippen LogP contribution in [0.4, 0.5) is 0 Å². The number of ether oxygens (including phenoxy) is 4. The van der Waals surface area contributed by atoms with Crippen molar-refractivity contribution in [2.24, 2.45) is 5.73 Å². The van der Waals surface area contributed by atoms with E-state index in [1.54, 1.807) is 0 Å². The van der Waals surface area contributed by atoms with Crippen LogP contribution < -0.4 is 5.73 Å². The molecule has 0 heterocycles. The Morgan fingerprint density at radius 3 is 1.76 bits per heavy atom. The molecule has 21 heavy (non-hydrogen) atoms. The van der Waals surface area contributed by atoms with Crippen LogP contribution in [0.3, 0.4) is 0 Å². The molecule has 0 aromatic rings. The Balaban J connectivity index is 1.73. The summed E-state index contributed by atoms with van der Waals surface area (Å²) in [6, 6.07) is 0. The lowest BCUT2D eigenvalue weighted by Crippen LogP contribution is -2.41. The van der Waals surface area contributed by atoms with Gasteiger partial charge in [-0.15, -0.1) is 0 Å². The van der Waals surface area contributed by atoms with Gasteiger partial charge in [0, 0.05) is 12.1 Å². The molecule has 1 aliphatic rings. The maximum atomic E-state index is 6.20. The van der Waals surface area contributed by atoms with Gasteiger partial charge in [-0.3, -0.25) is 0 Å². The van der Waals surface area contributed by atoms with Crippen molar-refractivity contribution in [1.29, 1.82) is 0 Å². The highest BCUT2D eigenvalue weighted by molar-refractivity contribution is 4.88. The lowest BCUT2D eigenvalue weighted by molar-refractivity contribution is -0.00779. The van der Waals surface area contributed by atoms with Gasteiger partial charge in [0.05, 0.1) is 46.2 Å². The van der Waals surface area contributed by atoms with Crippen molar-refractivity contribution < 1.29 is 18.9 Å². The Bertz CT molecular complexity index is 232. The largest absolute Gasteiger partial charge is 0.379 e. The van der Waals surface area contributed by atoms with Crippen LogP contribution in [0.15, 0.2) is 0 Å². The first kappa shape index (κ1) is 18.8. The smallest absolute Gasteiger partial charge is 0.0701 e. The van der Waals surface area contributed by atoms with E-state index in [2.05, 4.69) is 6.92 Å². The molecular weight excluding hydrogens is 270 g/mol. The molecule has 1 saturated carbocycles. The van der Waals surface area contributed by atoms with Gasteiger partial charge >= 0.3 is 0 Å². The first-order chi connectivity index (χ1) is 10.3. The Labute approximate surface area is 129 Å². The topological polar surface area (TPSA) is 62.9 Å². The van der Waals surface area contributed by atoms with Gasteiger partial charge in [0.15, 0.2) is 0 Å². The van der Waals surface area contributed by atoms with Crippen molar-refractivity contribution in [3.63, 3.8) is 0 Å². The molecule has 0 radical (unpaired) electrons. The molecule has 0 unspecified atom stereocenters. The molecule has 126 valence electrons. The Kier molecular flexibility index (Phi) is 11.1. The summed E-state index contributed by atoms with van der Waals surface area (Å²) < 4.78 is 21.8. The van der Waals surface area contributed by atoms with E-state index in [1.807, 2.05) is 0 Å². The van der Waals surface area contributed by atoms with Crippen LogP contribution in [0.2, 0.25) is 0 Å². The van der Waals surface area contributed by atoms with Crippen molar-refractivity contribution in [2.45, 2.75) is 51.0 Å². The average molecular weight is 303 g/mol. The maximum absolute atomic E-state index is 6.20. The van der Waals surface area contributed by atoms with Crippen molar-refractivity contribution in [1.82, 2.24) is 0 Å². The predicted molar refractivity (Wildman–Crippen MR) is 83.6 cm³/mol. The van der Waals surface area contributed by atoms with Crippen LogP contribution in [0.1, 0.15) is 45.4 Å². The van der Waals surface area contributed by atoms with Crippen LogP contribution in [-0.2, 0) is 18.9 Å². The van der Waals surface area contributed by atoms with E-state index in [0.29, 0.717) is 46.2 Å². The van der Waals surface area contributed by atoms with Gasteiger partial charge < -0.3 is 24.7 Å². The zero-order valence-electron chi connectivity index (χ0n) is 13.6. The fourth-order valence-corrected chi connectivity index (χ4v) is 2.41. The second-order valence-corrected chi connectivity index (χ2v) is 5.81. The molecule has 0 aliphatic heterocycles. The third-order valence-electron chi connectivity index (χ3n) is 3.75. The SMILES string of the molecule is CCCCOCCOCCOCCOCC1(N)CCCC1. The van der Waals surface area contributed by atoms with Crippen LogP contribution in [0, 0.1) is 0 Å². The van der Waals surface area contributed by atoms with Gasteiger partial charge in [-0.2, -0.15) is 0 Å². The molecule has 0 aromatic carbocycles.